The van der Waals surface area contributed by atoms with Gasteiger partial charge >= 0.3 is 0 Å². The van der Waals surface area contributed by atoms with Gasteiger partial charge in [-0.2, -0.15) is 0 Å². The Morgan fingerprint density at radius 2 is 1.71 bits per heavy atom. The summed E-state index contributed by atoms with van der Waals surface area (Å²) in [6.07, 6.45) is 6.29. The second kappa shape index (κ2) is 6.48. The summed E-state index contributed by atoms with van der Waals surface area (Å²) in [7, 11) is 0. The highest BCUT2D eigenvalue weighted by molar-refractivity contribution is 5.97. The lowest BCUT2D eigenvalue weighted by molar-refractivity contribution is -0.164. The molecule has 6 nitrogen and oxygen atoms in total. The molecule has 2 amide bonds. The van der Waals surface area contributed by atoms with Crippen molar-refractivity contribution in [3.63, 3.8) is 0 Å². The highest BCUT2D eigenvalue weighted by Crippen LogP contribution is 2.35. The predicted octanol–water partition coefficient (Wildman–Crippen LogP) is 0.958. The van der Waals surface area contributed by atoms with E-state index in [0.29, 0.717) is 38.5 Å². The zero-order valence-corrected chi connectivity index (χ0v) is 14.1. The number of ether oxygens (including phenoxy) is 2. The van der Waals surface area contributed by atoms with Crippen molar-refractivity contribution in [2.75, 3.05) is 26.3 Å². The molecule has 1 aliphatic carbocycles. The van der Waals surface area contributed by atoms with Gasteiger partial charge in [-0.1, -0.05) is 6.08 Å². The van der Waals surface area contributed by atoms with Gasteiger partial charge in [-0.15, -0.1) is 6.58 Å². The maximum Gasteiger partial charge on any atom is 0.246 e. The Labute approximate surface area is 142 Å². The molecular formula is C18H26N2O4. The van der Waals surface area contributed by atoms with Gasteiger partial charge in [0.15, 0.2) is 0 Å². The number of piperidine rings is 1. The van der Waals surface area contributed by atoms with Crippen LogP contribution in [0.5, 0.6) is 0 Å². The molecule has 0 aromatic rings. The van der Waals surface area contributed by atoms with Crippen LogP contribution >= 0.6 is 0 Å². The second-order valence-corrected chi connectivity index (χ2v) is 7.46. The summed E-state index contributed by atoms with van der Waals surface area (Å²) in [5, 5.41) is 0. The van der Waals surface area contributed by atoms with E-state index in [-0.39, 0.29) is 36.1 Å². The van der Waals surface area contributed by atoms with E-state index in [4.69, 9.17) is 9.47 Å². The van der Waals surface area contributed by atoms with Crippen LogP contribution in [0.2, 0.25) is 0 Å². The van der Waals surface area contributed by atoms with Crippen molar-refractivity contribution in [3.8, 4) is 0 Å². The van der Waals surface area contributed by atoms with Crippen LogP contribution in [0.1, 0.15) is 32.1 Å². The Kier molecular flexibility index (Phi) is 4.35. The molecular weight excluding hydrogens is 308 g/mol. The fourth-order valence-corrected chi connectivity index (χ4v) is 4.12. The molecule has 6 heteroatoms. The first-order chi connectivity index (χ1) is 11.7. The summed E-state index contributed by atoms with van der Waals surface area (Å²) in [5.74, 6) is 0.867. The van der Waals surface area contributed by atoms with E-state index in [1.54, 1.807) is 15.9 Å². The van der Waals surface area contributed by atoms with Gasteiger partial charge < -0.3 is 19.3 Å². The number of piperazine rings is 1. The molecule has 3 heterocycles. The summed E-state index contributed by atoms with van der Waals surface area (Å²) in [4.78, 5) is 29.3. The van der Waals surface area contributed by atoms with Gasteiger partial charge in [-0.3, -0.25) is 9.59 Å². The number of carbonyl (C=O) groups is 2. The molecule has 3 aliphatic heterocycles. The van der Waals surface area contributed by atoms with Crippen molar-refractivity contribution in [3.05, 3.63) is 12.7 Å². The lowest BCUT2D eigenvalue weighted by Gasteiger charge is -2.46. The van der Waals surface area contributed by atoms with Crippen LogP contribution in [-0.4, -0.2) is 72.2 Å². The Morgan fingerprint density at radius 3 is 2.46 bits per heavy atom. The number of rotatable bonds is 6. The number of hydrogen-bond acceptors (Lipinski definition) is 4. The van der Waals surface area contributed by atoms with E-state index in [1.165, 1.54) is 12.8 Å². The number of carbonyl (C=O) groups excluding carboxylic acids is 2. The third-order valence-electron chi connectivity index (χ3n) is 5.67. The Morgan fingerprint density at radius 1 is 1.00 bits per heavy atom. The topological polar surface area (TPSA) is 59.1 Å². The van der Waals surface area contributed by atoms with Gasteiger partial charge in [0.1, 0.15) is 12.1 Å². The van der Waals surface area contributed by atoms with Gasteiger partial charge in [-0.25, -0.2) is 0 Å². The van der Waals surface area contributed by atoms with E-state index in [1.807, 2.05) is 0 Å². The molecule has 0 N–H and O–H groups in total. The summed E-state index contributed by atoms with van der Waals surface area (Å²) in [6, 6.07) is -0.678. The number of nitrogens with zero attached hydrogens (tertiary/aromatic N) is 2. The monoisotopic (exact) mass is 334 g/mol. The molecule has 24 heavy (non-hydrogen) atoms. The van der Waals surface area contributed by atoms with Crippen LogP contribution in [0.25, 0.3) is 0 Å². The molecule has 4 unspecified atom stereocenters. The Hall–Kier alpha value is -1.40. The Bertz CT molecular complexity index is 533. The number of fused-ring (bicyclic) bond motifs is 2. The average molecular weight is 334 g/mol. The van der Waals surface area contributed by atoms with Crippen molar-refractivity contribution >= 4 is 11.8 Å². The Balaban J connectivity index is 1.41. The molecule has 4 atom stereocenters. The predicted molar refractivity (Wildman–Crippen MR) is 87.3 cm³/mol. The SMILES string of the molecule is C=CCOC1CCN2C(=O)C3CC(OCC4CC4)CN3C(=O)C2C1. The van der Waals surface area contributed by atoms with Gasteiger partial charge in [0, 0.05) is 32.5 Å². The van der Waals surface area contributed by atoms with Crippen LogP contribution in [0, 0.1) is 5.92 Å². The summed E-state index contributed by atoms with van der Waals surface area (Å²) >= 11 is 0. The standard InChI is InChI=1S/C18H26N2O4/c1-2-7-23-13-5-6-19-15(8-13)18(22)20-10-14(9-16(20)17(19)21)24-11-12-3-4-12/h2,12-16H,1,3-11H2. The largest absolute Gasteiger partial charge is 0.376 e. The molecule has 0 aromatic heterocycles. The smallest absolute Gasteiger partial charge is 0.246 e. The zero-order valence-electron chi connectivity index (χ0n) is 14.1. The summed E-state index contributed by atoms with van der Waals surface area (Å²) < 4.78 is 11.7. The fraction of sp³-hybridized carbons (Fsp3) is 0.778. The summed E-state index contributed by atoms with van der Waals surface area (Å²) in [6.45, 7) is 6.09. The zero-order chi connectivity index (χ0) is 16.7. The minimum atomic E-state index is -0.362. The third-order valence-corrected chi connectivity index (χ3v) is 5.67. The second-order valence-electron chi connectivity index (χ2n) is 7.46. The molecule has 4 fully saturated rings. The van der Waals surface area contributed by atoms with Crippen LogP contribution in [0.3, 0.4) is 0 Å². The summed E-state index contributed by atoms with van der Waals surface area (Å²) in [5.41, 5.74) is 0. The van der Waals surface area contributed by atoms with Gasteiger partial charge in [0.25, 0.3) is 0 Å². The molecule has 4 aliphatic rings. The van der Waals surface area contributed by atoms with Crippen molar-refractivity contribution in [1.82, 2.24) is 9.80 Å². The van der Waals surface area contributed by atoms with E-state index >= 15 is 0 Å². The minimum absolute atomic E-state index is 0.0117. The van der Waals surface area contributed by atoms with Crippen LogP contribution in [0.4, 0.5) is 0 Å². The van der Waals surface area contributed by atoms with Crippen molar-refractivity contribution in [2.45, 2.75) is 56.4 Å². The van der Waals surface area contributed by atoms with Gasteiger partial charge in [0.2, 0.25) is 11.8 Å². The number of amides is 2. The van der Waals surface area contributed by atoms with Gasteiger partial charge in [-0.05, 0) is 25.2 Å². The molecule has 1 saturated carbocycles. The molecule has 132 valence electrons. The molecule has 0 spiro atoms. The normalized spacial score (nSPS) is 35.8. The average Bonchev–Trinajstić information content (AvgIpc) is 3.33. The van der Waals surface area contributed by atoms with Crippen LogP contribution in [-0.2, 0) is 19.1 Å². The number of hydrogen-bond donors (Lipinski definition) is 0. The van der Waals surface area contributed by atoms with Crippen molar-refractivity contribution in [1.29, 1.82) is 0 Å². The van der Waals surface area contributed by atoms with E-state index in [2.05, 4.69) is 6.58 Å². The highest BCUT2D eigenvalue weighted by atomic mass is 16.5. The van der Waals surface area contributed by atoms with Crippen molar-refractivity contribution in [2.24, 2.45) is 5.92 Å². The maximum absolute atomic E-state index is 12.9. The molecule has 3 saturated heterocycles. The molecule has 0 bridgehead atoms. The molecule has 4 rings (SSSR count). The lowest BCUT2D eigenvalue weighted by Crippen LogP contribution is -2.65. The fourth-order valence-electron chi connectivity index (χ4n) is 4.12. The van der Waals surface area contributed by atoms with Gasteiger partial charge in [0.05, 0.1) is 18.8 Å². The molecule has 0 radical (unpaired) electrons. The van der Waals surface area contributed by atoms with Crippen LogP contribution < -0.4 is 0 Å². The van der Waals surface area contributed by atoms with E-state index in [0.717, 1.165) is 13.0 Å². The lowest BCUT2D eigenvalue weighted by atomic mass is 9.94. The first-order valence-corrected chi connectivity index (χ1v) is 9.12. The third kappa shape index (κ3) is 2.97. The molecule has 0 aromatic carbocycles. The van der Waals surface area contributed by atoms with E-state index < -0.39 is 0 Å². The highest BCUT2D eigenvalue weighted by Gasteiger charge is 2.52. The van der Waals surface area contributed by atoms with E-state index in [9.17, 15) is 9.59 Å². The quantitative estimate of drug-likeness (QED) is 0.679. The first-order valence-electron chi connectivity index (χ1n) is 9.12. The maximum atomic E-state index is 12.9. The van der Waals surface area contributed by atoms with Crippen molar-refractivity contribution < 1.29 is 19.1 Å². The minimum Gasteiger partial charge on any atom is -0.376 e. The van der Waals surface area contributed by atoms with Crippen LogP contribution in [0.15, 0.2) is 12.7 Å². The first kappa shape index (κ1) is 16.1.